The highest BCUT2D eigenvalue weighted by Gasteiger charge is 2.21. The summed E-state index contributed by atoms with van der Waals surface area (Å²) in [6.45, 7) is 6.05. The van der Waals surface area contributed by atoms with Gasteiger partial charge in [-0.15, -0.1) is 0 Å². The van der Waals surface area contributed by atoms with Crippen LogP contribution in [0, 0.1) is 0 Å². The molecule has 0 spiro atoms. The lowest BCUT2D eigenvalue weighted by molar-refractivity contribution is 0.249. The van der Waals surface area contributed by atoms with Gasteiger partial charge in [-0.3, -0.25) is 0 Å². The van der Waals surface area contributed by atoms with Gasteiger partial charge in [0.25, 0.3) is 5.69 Å². The Labute approximate surface area is 279 Å². The maximum atomic E-state index is 6.33. The van der Waals surface area contributed by atoms with Gasteiger partial charge in [0.2, 0.25) is 0 Å². The lowest BCUT2D eigenvalue weighted by Crippen LogP contribution is -1.98. The second kappa shape index (κ2) is 32.1. The van der Waals surface area contributed by atoms with Crippen molar-refractivity contribution in [2.24, 2.45) is 0 Å². The average Bonchev–Trinajstić information content (AvgIpc) is 3.01. The predicted molar refractivity (Wildman–Crippen MR) is 199 cm³/mol. The monoisotopic (exact) mass is 654 g/mol. The highest BCUT2D eigenvalue weighted by molar-refractivity contribution is 8.67. The fourth-order valence-corrected chi connectivity index (χ4v) is 10.2. The summed E-state index contributed by atoms with van der Waals surface area (Å²) < 4.78 is 12.7. The molecular weight excluding hydrogens is 584 g/mol. The van der Waals surface area contributed by atoms with Gasteiger partial charge in [0.15, 0.2) is 0 Å². The predicted octanol–water partition coefficient (Wildman–Crippen LogP) is 15.0. The van der Waals surface area contributed by atoms with E-state index in [1.165, 1.54) is 167 Å². The average molecular weight is 655 g/mol. The zero-order valence-electron chi connectivity index (χ0n) is 28.7. The second-order valence-electron chi connectivity index (χ2n) is 12.7. The molecule has 0 unspecified atom stereocenters. The summed E-state index contributed by atoms with van der Waals surface area (Å²) in [7, 11) is 0. The summed E-state index contributed by atoms with van der Waals surface area (Å²) in [5.74, 6) is 0. The van der Waals surface area contributed by atoms with E-state index in [-0.39, 0.29) is 0 Å². The zero-order valence-corrected chi connectivity index (χ0v) is 31.2. The molecule has 0 aliphatic rings. The standard InChI is InChI=1S/C38H71O2PS2/c1-3-5-7-9-11-13-15-17-19-21-23-25-27-32-36-39-41(42,43-38-34-30-29-31-35-38)40-37-33-28-26-24-22-20-18-16-14-12-10-8-6-4-2/h29-31,34-35H,3-28,32-33,36-37H2,1-2H3. The molecule has 0 N–H and O–H groups in total. The van der Waals surface area contributed by atoms with Crippen LogP contribution in [0.4, 0.5) is 0 Å². The molecule has 0 bridgehead atoms. The van der Waals surface area contributed by atoms with Crippen LogP contribution in [0.3, 0.4) is 0 Å². The highest BCUT2D eigenvalue weighted by atomic mass is 32.9. The minimum absolute atomic E-state index is 0.730. The first-order valence-electron chi connectivity index (χ1n) is 18.8. The van der Waals surface area contributed by atoms with Gasteiger partial charge in [0.05, 0.1) is 13.2 Å². The van der Waals surface area contributed by atoms with Gasteiger partial charge < -0.3 is 9.05 Å². The number of hydrogen-bond acceptors (Lipinski definition) is 4. The Morgan fingerprint density at radius 3 is 1.02 bits per heavy atom. The molecule has 0 aromatic heterocycles. The molecule has 0 aliphatic carbocycles. The molecule has 1 aromatic rings. The number of rotatable bonds is 34. The van der Waals surface area contributed by atoms with Crippen molar-refractivity contribution < 1.29 is 9.05 Å². The van der Waals surface area contributed by atoms with Crippen molar-refractivity contribution in [3.8, 4) is 0 Å². The maximum absolute atomic E-state index is 6.33. The van der Waals surface area contributed by atoms with E-state index in [9.17, 15) is 0 Å². The highest BCUT2D eigenvalue weighted by Crippen LogP contribution is 2.64. The van der Waals surface area contributed by atoms with Crippen LogP contribution in [0.5, 0.6) is 0 Å². The van der Waals surface area contributed by atoms with Crippen LogP contribution in [0.1, 0.15) is 194 Å². The molecule has 0 aliphatic heterocycles. The summed E-state index contributed by atoms with van der Waals surface area (Å²) in [5, 5.41) is 0. The van der Waals surface area contributed by atoms with E-state index < -0.39 is 5.69 Å². The van der Waals surface area contributed by atoms with E-state index in [0.29, 0.717) is 0 Å². The van der Waals surface area contributed by atoms with Gasteiger partial charge in [0.1, 0.15) is 0 Å². The third-order valence-electron chi connectivity index (χ3n) is 8.46. The minimum Gasteiger partial charge on any atom is -0.321 e. The molecule has 5 heteroatoms. The van der Waals surface area contributed by atoms with Crippen LogP contribution >= 0.6 is 17.1 Å². The number of unbranched alkanes of at least 4 members (excludes halogenated alkanes) is 26. The first-order valence-corrected chi connectivity index (χ1v) is 22.9. The van der Waals surface area contributed by atoms with Crippen LogP contribution in [0.25, 0.3) is 0 Å². The molecular formula is C38H71O2PS2. The van der Waals surface area contributed by atoms with Crippen molar-refractivity contribution in [1.82, 2.24) is 0 Å². The van der Waals surface area contributed by atoms with E-state index in [2.05, 4.69) is 44.2 Å². The Hall–Kier alpha value is 0.140. The fraction of sp³-hybridized carbons (Fsp3) is 0.842. The summed E-state index contributed by atoms with van der Waals surface area (Å²) in [5.41, 5.74) is -2.36. The van der Waals surface area contributed by atoms with Crippen molar-refractivity contribution in [3.05, 3.63) is 30.3 Å². The molecule has 0 fully saturated rings. The van der Waals surface area contributed by atoms with E-state index in [0.717, 1.165) is 31.0 Å². The number of benzene rings is 1. The van der Waals surface area contributed by atoms with Crippen molar-refractivity contribution >= 4 is 28.9 Å². The van der Waals surface area contributed by atoms with Gasteiger partial charge in [-0.05, 0) is 48.2 Å². The topological polar surface area (TPSA) is 18.5 Å². The molecule has 0 amide bonds. The molecule has 43 heavy (non-hydrogen) atoms. The molecule has 0 radical (unpaired) electrons. The Balaban J connectivity index is 2.08. The molecule has 0 saturated heterocycles. The first-order chi connectivity index (χ1) is 21.2. The van der Waals surface area contributed by atoms with E-state index in [1.807, 2.05) is 0 Å². The quantitative estimate of drug-likeness (QED) is 0.0543. The zero-order chi connectivity index (χ0) is 30.9. The number of hydrogen-bond donors (Lipinski definition) is 0. The van der Waals surface area contributed by atoms with Crippen molar-refractivity contribution in [3.63, 3.8) is 0 Å². The normalized spacial score (nSPS) is 11.9. The summed E-state index contributed by atoms with van der Waals surface area (Å²) >= 11 is 7.66. The van der Waals surface area contributed by atoms with Crippen molar-refractivity contribution in [1.29, 1.82) is 0 Å². The van der Waals surface area contributed by atoms with E-state index in [1.54, 1.807) is 11.4 Å². The molecule has 0 atom stereocenters. The summed E-state index contributed by atoms with van der Waals surface area (Å²) in [6, 6.07) is 10.4. The molecule has 1 aromatic carbocycles. The summed E-state index contributed by atoms with van der Waals surface area (Å²) in [6.07, 6.45) is 38.4. The molecule has 0 heterocycles. The third-order valence-corrected chi connectivity index (χ3v) is 13.4. The minimum atomic E-state index is -2.36. The van der Waals surface area contributed by atoms with Crippen LogP contribution < -0.4 is 0 Å². The van der Waals surface area contributed by atoms with E-state index in [4.69, 9.17) is 20.9 Å². The van der Waals surface area contributed by atoms with E-state index >= 15 is 0 Å². The van der Waals surface area contributed by atoms with Crippen LogP contribution in [-0.2, 0) is 20.9 Å². The largest absolute Gasteiger partial charge is 0.321 e. The smallest absolute Gasteiger partial charge is 0.252 e. The van der Waals surface area contributed by atoms with Gasteiger partial charge in [-0.1, -0.05) is 199 Å². The maximum Gasteiger partial charge on any atom is 0.252 e. The second-order valence-corrected chi connectivity index (χ2v) is 18.9. The van der Waals surface area contributed by atoms with Crippen LogP contribution in [0.2, 0.25) is 0 Å². The Morgan fingerprint density at radius 1 is 0.442 bits per heavy atom. The van der Waals surface area contributed by atoms with Gasteiger partial charge in [-0.25, -0.2) is 0 Å². The fourth-order valence-electron chi connectivity index (χ4n) is 5.65. The lowest BCUT2D eigenvalue weighted by atomic mass is 10.0. The SMILES string of the molecule is CCCCCCCCCCCCCCCCOP(=S)(OCCCCCCCCCCCCCCCC)Sc1ccccc1. The van der Waals surface area contributed by atoms with Crippen molar-refractivity contribution in [2.75, 3.05) is 13.2 Å². The molecule has 0 saturated carbocycles. The van der Waals surface area contributed by atoms with Gasteiger partial charge in [0, 0.05) is 4.90 Å². The Morgan fingerprint density at radius 2 is 0.721 bits per heavy atom. The van der Waals surface area contributed by atoms with Gasteiger partial charge >= 0.3 is 0 Å². The molecule has 2 nitrogen and oxygen atoms in total. The Kier molecular flexibility index (Phi) is 30.7. The van der Waals surface area contributed by atoms with Crippen LogP contribution in [0.15, 0.2) is 35.2 Å². The van der Waals surface area contributed by atoms with Crippen molar-refractivity contribution in [2.45, 2.75) is 199 Å². The van der Waals surface area contributed by atoms with Gasteiger partial charge in [-0.2, -0.15) is 0 Å². The van der Waals surface area contributed by atoms with Crippen LogP contribution in [-0.4, -0.2) is 13.2 Å². The Bertz CT molecular complexity index is 692. The molecule has 252 valence electrons. The summed E-state index contributed by atoms with van der Waals surface area (Å²) in [4.78, 5) is 1.16. The lowest BCUT2D eigenvalue weighted by Gasteiger charge is -2.21. The molecule has 1 rings (SSSR count). The first kappa shape index (κ1) is 41.2. The third kappa shape index (κ3) is 28.1.